The van der Waals surface area contributed by atoms with E-state index >= 15 is 0 Å². The SMILES string of the molecule is c1ccc(-c2cc(-c3ccccc3)cc(N3c4ccccc4B4c5cc6c(cc5N(c5cc(-c7ccccc7)cc(-c7ccccc7)c5)c5cccc3c54)N(c3cc(-c4ccccc4)cc(-c4ccccc4)c3)c3cc4c5c7c3B6c3cccc6c3N7c3c(cccc3B5c3ccccc3N4c3cc(-c4ccccc4)cc(-c4ccccc4)c3)O6)c2)cc1. The number of anilines is 15. The van der Waals surface area contributed by atoms with Crippen molar-refractivity contribution < 1.29 is 4.74 Å². The van der Waals surface area contributed by atoms with Crippen molar-refractivity contribution in [1.82, 2.24) is 0 Å². The largest absolute Gasteiger partial charge is 0.453 e. The lowest BCUT2D eigenvalue weighted by molar-refractivity contribution is 0.478. The minimum atomic E-state index is -0.328. The summed E-state index contributed by atoms with van der Waals surface area (Å²) in [6, 6.07) is 164. The van der Waals surface area contributed by atoms with E-state index in [-0.39, 0.29) is 20.1 Å². The minimum Gasteiger partial charge on any atom is -0.453 e. The Balaban J connectivity index is 0.805. The van der Waals surface area contributed by atoms with E-state index in [1.807, 2.05) is 0 Å². The molecular weight excluding hydrogens is 1490 g/mol. The Bertz CT molecular complexity index is 7340. The molecule has 19 aromatic carbocycles. The third-order valence-electron chi connectivity index (χ3n) is 26.6. The molecule has 9 heteroatoms. The molecule has 7 aliphatic rings. The first-order valence-electron chi connectivity index (χ1n) is 42.7. The van der Waals surface area contributed by atoms with E-state index in [2.05, 4.69) is 461 Å². The molecule has 0 atom stereocenters. The summed E-state index contributed by atoms with van der Waals surface area (Å²) in [5.41, 5.74) is 45.8. The Kier molecular flexibility index (Phi) is 15.4. The molecule has 19 aromatic rings. The van der Waals surface area contributed by atoms with Gasteiger partial charge >= 0.3 is 0 Å². The van der Waals surface area contributed by atoms with Gasteiger partial charge in [0.15, 0.2) is 11.5 Å². The van der Waals surface area contributed by atoms with Crippen molar-refractivity contribution in [3.63, 3.8) is 0 Å². The maximum Gasteiger partial charge on any atom is 0.252 e. The lowest BCUT2D eigenvalue weighted by atomic mass is 9.28. The fraction of sp³-hybridized carbons (Fsp3) is 0. The van der Waals surface area contributed by atoms with Gasteiger partial charge in [-0.15, -0.1) is 0 Å². The van der Waals surface area contributed by atoms with Gasteiger partial charge in [0.05, 0.1) is 11.4 Å². The highest BCUT2D eigenvalue weighted by molar-refractivity contribution is 7.06. The van der Waals surface area contributed by atoms with Gasteiger partial charge < -0.3 is 29.2 Å². The molecule has 6 nitrogen and oxygen atoms in total. The Morgan fingerprint density at radius 3 is 0.724 bits per heavy atom. The standard InChI is InChI=1S/C114H72B3N5O/c1-9-32-73(33-10-1)81-58-82(74-34-11-2-12-35-74)63-89(62-81)118-99-52-27-26-49-94(99)116-97-70-98-104(71-103(97)120(102-55-31-54-101(118)109(102)116)91-66-85(77-40-17-5-18-41-77)60-86(67-91)78-42-19-6-20-43-78)121(92-68-87(79-44-21-7-22-45-79)61-88(69-92)80-46-23-8-24-47-80)106-72-105-110-114-111(106)117(98)96-51-30-57-108-113(96)122(114)112-95(50-29-56-107(112)123-108)115(110)93-48-25-28-53-100(93)119(105)90-64-83(75-36-13-3-14-37-75)59-84(65-90)76-38-15-4-16-39-76/h1-72H. The maximum atomic E-state index is 7.52. The first-order valence-corrected chi connectivity index (χ1v) is 42.7. The molecule has 7 aliphatic heterocycles. The Labute approximate surface area is 716 Å². The lowest BCUT2D eigenvalue weighted by Gasteiger charge is -2.52. The molecule has 568 valence electrons. The number of fused-ring (bicyclic) bond motifs is 10. The van der Waals surface area contributed by atoms with Crippen molar-refractivity contribution in [2.45, 2.75) is 0 Å². The van der Waals surface area contributed by atoms with Crippen LogP contribution in [0.4, 0.5) is 85.3 Å². The van der Waals surface area contributed by atoms with Crippen LogP contribution < -0.4 is 78.4 Å². The molecule has 0 radical (unpaired) electrons. The molecular formula is C114H72B3N5O. The van der Waals surface area contributed by atoms with E-state index < -0.39 is 0 Å². The number of nitrogens with zero attached hydrogens (tertiary/aromatic N) is 5. The average molecular weight is 1560 g/mol. The van der Waals surface area contributed by atoms with E-state index in [0.717, 1.165) is 180 Å². The van der Waals surface area contributed by atoms with Crippen LogP contribution in [0.25, 0.3) is 89.0 Å². The zero-order chi connectivity index (χ0) is 80.5. The van der Waals surface area contributed by atoms with Gasteiger partial charge in [0.25, 0.3) is 20.1 Å². The average Bonchev–Trinajstić information content (AvgIpc) is 0.657. The quantitative estimate of drug-likeness (QED) is 0.113. The van der Waals surface area contributed by atoms with Gasteiger partial charge in [0.2, 0.25) is 0 Å². The number of hydrogen-bond acceptors (Lipinski definition) is 6. The van der Waals surface area contributed by atoms with Gasteiger partial charge in [0.1, 0.15) is 0 Å². The summed E-state index contributed by atoms with van der Waals surface area (Å²) in [5, 5.41) is 0. The summed E-state index contributed by atoms with van der Waals surface area (Å²) in [6.07, 6.45) is 0. The molecule has 0 spiro atoms. The molecule has 0 fully saturated rings. The van der Waals surface area contributed by atoms with Crippen LogP contribution in [0.3, 0.4) is 0 Å². The van der Waals surface area contributed by atoms with Crippen LogP contribution >= 0.6 is 0 Å². The molecule has 0 saturated carbocycles. The fourth-order valence-corrected chi connectivity index (χ4v) is 21.5. The van der Waals surface area contributed by atoms with E-state index in [1.165, 1.54) is 54.9 Å². The summed E-state index contributed by atoms with van der Waals surface area (Å²) < 4.78 is 7.52. The Morgan fingerprint density at radius 1 is 0.146 bits per heavy atom. The van der Waals surface area contributed by atoms with Crippen LogP contribution in [0.15, 0.2) is 437 Å². The van der Waals surface area contributed by atoms with Crippen LogP contribution in [0.5, 0.6) is 11.5 Å². The highest BCUT2D eigenvalue weighted by Crippen LogP contribution is 2.58. The van der Waals surface area contributed by atoms with Crippen LogP contribution in [-0.4, -0.2) is 20.1 Å². The third kappa shape index (κ3) is 10.7. The predicted octanol–water partition coefficient (Wildman–Crippen LogP) is 23.9. The number of rotatable bonds is 12. The normalized spacial score (nSPS) is 13.3. The molecule has 123 heavy (non-hydrogen) atoms. The third-order valence-corrected chi connectivity index (χ3v) is 26.6. The van der Waals surface area contributed by atoms with Crippen molar-refractivity contribution in [3.05, 3.63) is 437 Å². The molecule has 0 unspecified atom stereocenters. The topological polar surface area (TPSA) is 25.4 Å². The first-order chi connectivity index (χ1) is 61.0. The summed E-state index contributed by atoms with van der Waals surface area (Å²) in [7, 11) is 0. The second-order valence-corrected chi connectivity index (χ2v) is 33.4. The summed E-state index contributed by atoms with van der Waals surface area (Å²) in [6.45, 7) is -0.783. The molecule has 0 aliphatic carbocycles. The summed E-state index contributed by atoms with van der Waals surface area (Å²) >= 11 is 0. The van der Waals surface area contributed by atoms with Crippen LogP contribution in [-0.2, 0) is 0 Å². The molecule has 0 aromatic heterocycles. The number of ether oxygens (including phenoxy) is 1. The van der Waals surface area contributed by atoms with E-state index in [9.17, 15) is 0 Å². The van der Waals surface area contributed by atoms with Crippen molar-refractivity contribution >= 4 is 155 Å². The number of para-hydroxylation sites is 4. The second-order valence-electron chi connectivity index (χ2n) is 33.4. The monoisotopic (exact) mass is 1560 g/mol. The van der Waals surface area contributed by atoms with Crippen molar-refractivity contribution in [2.75, 3.05) is 24.5 Å². The van der Waals surface area contributed by atoms with Gasteiger partial charge in [-0.3, -0.25) is 0 Å². The van der Waals surface area contributed by atoms with Crippen LogP contribution in [0, 0.1) is 0 Å². The van der Waals surface area contributed by atoms with E-state index in [1.54, 1.807) is 0 Å². The lowest BCUT2D eigenvalue weighted by Crippen LogP contribution is -2.69. The molecule has 26 rings (SSSR count). The first kappa shape index (κ1) is 69.2. The maximum absolute atomic E-state index is 7.52. The minimum absolute atomic E-state index is 0.194. The summed E-state index contributed by atoms with van der Waals surface area (Å²) in [5.74, 6) is 1.69. The van der Waals surface area contributed by atoms with Crippen LogP contribution in [0.2, 0.25) is 0 Å². The van der Waals surface area contributed by atoms with Gasteiger partial charge in [-0.1, -0.05) is 315 Å². The number of benzene rings is 19. The van der Waals surface area contributed by atoms with Gasteiger partial charge in [-0.05, 0) is 260 Å². The van der Waals surface area contributed by atoms with Gasteiger partial charge in [0, 0.05) is 73.9 Å². The highest BCUT2D eigenvalue weighted by Gasteiger charge is 2.55. The zero-order valence-electron chi connectivity index (χ0n) is 66.9. The molecule has 0 bridgehead atoms. The fourth-order valence-electron chi connectivity index (χ4n) is 21.5. The van der Waals surface area contributed by atoms with Crippen LogP contribution in [0.1, 0.15) is 0 Å². The molecule has 7 heterocycles. The zero-order valence-corrected chi connectivity index (χ0v) is 66.9. The van der Waals surface area contributed by atoms with E-state index in [4.69, 9.17) is 4.74 Å². The highest BCUT2D eigenvalue weighted by atomic mass is 16.5. The van der Waals surface area contributed by atoms with Gasteiger partial charge in [-0.2, -0.15) is 0 Å². The Morgan fingerprint density at radius 2 is 0.390 bits per heavy atom. The van der Waals surface area contributed by atoms with Crippen molar-refractivity contribution in [1.29, 1.82) is 0 Å². The van der Waals surface area contributed by atoms with E-state index in [0.29, 0.717) is 0 Å². The van der Waals surface area contributed by atoms with Gasteiger partial charge in [-0.25, -0.2) is 0 Å². The predicted molar refractivity (Wildman–Crippen MR) is 517 cm³/mol. The molecule has 0 amide bonds. The molecule has 0 saturated heterocycles. The van der Waals surface area contributed by atoms with Crippen molar-refractivity contribution in [2.24, 2.45) is 0 Å². The molecule has 0 N–H and O–H groups in total. The van der Waals surface area contributed by atoms with Crippen molar-refractivity contribution in [3.8, 4) is 101 Å². The summed E-state index contributed by atoms with van der Waals surface area (Å²) in [4.78, 5) is 13.2. The number of hydrogen-bond donors (Lipinski definition) is 0. The smallest absolute Gasteiger partial charge is 0.252 e. The Hall–Kier alpha value is -15.8. The second kappa shape index (κ2) is 27.4.